The van der Waals surface area contributed by atoms with Gasteiger partial charge < -0.3 is 20.4 Å². The fourth-order valence-electron chi connectivity index (χ4n) is 1.52. The Hall–Kier alpha value is -1.54. The summed E-state index contributed by atoms with van der Waals surface area (Å²) in [5, 5.41) is 36.3. The van der Waals surface area contributed by atoms with Crippen molar-refractivity contribution in [1.29, 1.82) is 0 Å². The third-order valence-corrected chi connectivity index (χ3v) is 2.20. The Kier molecular flexibility index (Phi) is 14.1. The maximum Gasteiger partial charge on any atom is 0.503 e. The summed E-state index contributed by atoms with van der Waals surface area (Å²) in [7, 11) is 0. The molecule has 0 spiro atoms. The molecule has 5 N–H and O–H groups in total. The van der Waals surface area contributed by atoms with Crippen LogP contribution < -0.4 is 0 Å². The molecule has 1 aliphatic carbocycles. The fraction of sp³-hybridized carbons (Fsp3) is 0.800. The van der Waals surface area contributed by atoms with E-state index in [-0.39, 0.29) is 6.10 Å². The molecule has 18 heavy (non-hydrogen) atoms. The van der Waals surface area contributed by atoms with E-state index in [1.54, 1.807) is 0 Å². The van der Waals surface area contributed by atoms with Gasteiger partial charge in [-0.15, -0.1) is 0 Å². The third-order valence-electron chi connectivity index (χ3n) is 2.20. The number of carboxylic acid groups (broad SMARTS) is 4. The van der Waals surface area contributed by atoms with Gasteiger partial charge in [-0.2, -0.15) is 0 Å². The first kappa shape index (κ1) is 18.8. The van der Waals surface area contributed by atoms with Crippen LogP contribution in [-0.2, 0) is 4.89 Å². The lowest BCUT2D eigenvalue weighted by atomic mass is 9.99. The maximum absolute atomic E-state index is 8.56. The van der Waals surface area contributed by atoms with E-state index in [0.717, 1.165) is 12.8 Å². The monoisotopic (exact) mass is 268 g/mol. The van der Waals surface area contributed by atoms with Gasteiger partial charge in [0.1, 0.15) is 0 Å². The highest BCUT2D eigenvalue weighted by molar-refractivity contribution is 5.53. The van der Waals surface area contributed by atoms with Crippen LogP contribution in [0.2, 0.25) is 0 Å². The molecule has 8 heteroatoms. The molecule has 0 unspecified atom stereocenters. The maximum atomic E-state index is 8.56. The Labute approximate surface area is 104 Å². The molecule has 0 saturated heterocycles. The second-order valence-electron chi connectivity index (χ2n) is 3.64. The first-order valence-electron chi connectivity index (χ1n) is 5.54. The largest absolute Gasteiger partial charge is 0.503 e. The zero-order valence-corrected chi connectivity index (χ0v) is 9.99. The van der Waals surface area contributed by atoms with Crippen molar-refractivity contribution in [3.63, 3.8) is 0 Å². The minimum Gasteiger partial charge on any atom is -0.450 e. The van der Waals surface area contributed by atoms with Gasteiger partial charge in [-0.25, -0.2) is 14.5 Å². The average molecular weight is 268 g/mol. The fourth-order valence-corrected chi connectivity index (χ4v) is 1.52. The summed E-state index contributed by atoms with van der Waals surface area (Å²) in [5.74, 6) is 0. The summed E-state index contributed by atoms with van der Waals surface area (Å²) in [6, 6.07) is 0. The highest BCUT2D eigenvalue weighted by Gasteiger charge is 2.10. The van der Waals surface area contributed by atoms with Crippen LogP contribution in [0.4, 0.5) is 9.59 Å². The van der Waals surface area contributed by atoms with Gasteiger partial charge in [0.2, 0.25) is 0 Å². The summed E-state index contributed by atoms with van der Waals surface area (Å²) in [6.07, 6.45) is 4.93. The van der Waals surface area contributed by atoms with Crippen LogP contribution in [0.5, 0.6) is 0 Å². The van der Waals surface area contributed by atoms with E-state index < -0.39 is 12.3 Å². The summed E-state index contributed by atoms with van der Waals surface area (Å²) in [6.45, 7) is 0. The van der Waals surface area contributed by atoms with E-state index in [0.29, 0.717) is 0 Å². The molecule has 0 aromatic carbocycles. The van der Waals surface area contributed by atoms with Crippen molar-refractivity contribution in [2.24, 2.45) is 0 Å². The Morgan fingerprint density at radius 1 is 0.778 bits per heavy atom. The lowest BCUT2D eigenvalue weighted by Gasteiger charge is -2.15. The smallest absolute Gasteiger partial charge is 0.450 e. The molecule has 0 radical (unpaired) electrons. The first-order valence-corrected chi connectivity index (χ1v) is 5.54. The molecule has 1 rings (SSSR count). The molecule has 1 saturated carbocycles. The Bertz CT molecular complexity index is 190. The molecule has 1 aliphatic rings. The highest BCUT2D eigenvalue weighted by Crippen LogP contribution is 2.18. The van der Waals surface area contributed by atoms with Crippen molar-refractivity contribution in [2.75, 3.05) is 0 Å². The van der Waals surface area contributed by atoms with Crippen LogP contribution in [0.15, 0.2) is 0 Å². The molecule has 0 aromatic rings. The zero-order chi connectivity index (χ0) is 14.4. The first-order chi connectivity index (χ1) is 8.40. The van der Waals surface area contributed by atoms with Crippen molar-refractivity contribution in [3.05, 3.63) is 0 Å². The summed E-state index contributed by atoms with van der Waals surface area (Å²) in [5.41, 5.74) is 0. The van der Waals surface area contributed by atoms with E-state index >= 15 is 0 Å². The number of hydrogen-bond acceptors (Lipinski definition) is 4. The van der Waals surface area contributed by atoms with Crippen LogP contribution in [-0.4, -0.2) is 44.1 Å². The minimum absolute atomic E-state index is 0.125. The van der Waals surface area contributed by atoms with Crippen LogP contribution in [0.1, 0.15) is 44.9 Å². The lowest BCUT2D eigenvalue weighted by molar-refractivity contribution is -0.281. The minimum atomic E-state index is -1.83. The summed E-state index contributed by atoms with van der Waals surface area (Å²) < 4.78 is 0. The number of rotatable bonds is 1. The molecule has 8 nitrogen and oxygen atoms in total. The molecule has 1 fully saturated rings. The predicted molar refractivity (Wildman–Crippen MR) is 61.1 cm³/mol. The van der Waals surface area contributed by atoms with Crippen LogP contribution >= 0.6 is 0 Å². The second-order valence-corrected chi connectivity index (χ2v) is 3.64. The van der Waals surface area contributed by atoms with Gasteiger partial charge in [-0.05, 0) is 12.8 Å². The van der Waals surface area contributed by atoms with Crippen molar-refractivity contribution >= 4 is 12.3 Å². The molecular weight excluding hydrogens is 248 g/mol. The van der Waals surface area contributed by atoms with Gasteiger partial charge in [0.25, 0.3) is 0 Å². The summed E-state index contributed by atoms with van der Waals surface area (Å²) in [4.78, 5) is 21.4. The molecule has 0 bridgehead atoms. The van der Waals surface area contributed by atoms with Crippen molar-refractivity contribution in [3.8, 4) is 0 Å². The van der Waals surface area contributed by atoms with Gasteiger partial charge in [0.15, 0.2) is 0 Å². The quantitative estimate of drug-likeness (QED) is 0.360. The van der Waals surface area contributed by atoms with Gasteiger partial charge in [-0.3, -0.25) is 5.26 Å². The van der Waals surface area contributed by atoms with E-state index in [4.69, 9.17) is 35.3 Å². The SMILES string of the molecule is O=C(O)O.O=C(O)O.OOC1CCCCCCC1. The van der Waals surface area contributed by atoms with Gasteiger partial charge in [0.05, 0.1) is 6.10 Å². The second kappa shape index (κ2) is 13.5. The number of carbonyl (C=O) groups is 2. The van der Waals surface area contributed by atoms with Crippen molar-refractivity contribution < 1.29 is 40.2 Å². The van der Waals surface area contributed by atoms with Gasteiger partial charge in [-0.1, -0.05) is 32.1 Å². The molecule has 0 heterocycles. The van der Waals surface area contributed by atoms with Crippen molar-refractivity contribution in [2.45, 2.75) is 51.0 Å². The van der Waals surface area contributed by atoms with E-state index in [1.165, 1.54) is 32.1 Å². The van der Waals surface area contributed by atoms with Crippen LogP contribution in [0.3, 0.4) is 0 Å². The topological polar surface area (TPSA) is 145 Å². The molecule has 108 valence electrons. The van der Waals surface area contributed by atoms with Crippen molar-refractivity contribution in [1.82, 2.24) is 0 Å². The zero-order valence-electron chi connectivity index (χ0n) is 9.99. The van der Waals surface area contributed by atoms with E-state index in [9.17, 15) is 0 Å². The standard InChI is InChI=1S/C8H16O2.2CH2O3/c9-10-8-6-4-2-1-3-5-7-8;2*2-1(3)4/h8-9H,1-7H2;2*(H2,2,3,4). The molecule has 0 amide bonds. The van der Waals surface area contributed by atoms with E-state index in [2.05, 4.69) is 4.89 Å². The number of hydrogen-bond donors (Lipinski definition) is 5. The third kappa shape index (κ3) is 23.9. The lowest BCUT2D eigenvalue weighted by Crippen LogP contribution is -2.11. The average Bonchev–Trinajstić information content (AvgIpc) is 2.15. The Balaban J connectivity index is 0. The van der Waals surface area contributed by atoms with E-state index in [1.807, 2.05) is 0 Å². The predicted octanol–water partition coefficient (Wildman–Crippen LogP) is 3.03. The highest BCUT2D eigenvalue weighted by atomic mass is 17.1. The normalized spacial score (nSPS) is 15.8. The van der Waals surface area contributed by atoms with Gasteiger partial charge in [0, 0.05) is 0 Å². The van der Waals surface area contributed by atoms with Gasteiger partial charge >= 0.3 is 12.3 Å². The molecule has 0 aromatic heterocycles. The van der Waals surface area contributed by atoms with Crippen LogP contribution in [0, 0.1) is 0 Å². The molecule has 0 atom stereocenters. The molecular formula is C10H20O8. The summed E-state index contributed by atoms with van der Waals surface area (Å²) >= 11 is 0. The van der Waals surface area contributed by atoms with Crippen LogP contribution in [0.25, 0.3) is 0 Å². The Morgan fingerprint density at radius 2 is 1.06 bits per heavy atom. The Morgan fingerprint density at radius 3 is 1.33 bits per heavy atom. The molecule has 0 aliphatic heterocycles.